The number of fused-ring (bicyclic) bond motifs is 2. The van der Waals surface area contributed by atoms with E-state index in [0.29, 0.717) is 0 Å². The largest absolute Gasteiger partial charge is 0.504 e. The lowest BCUT2D eigenvalue weighted by molar-refractivity contribution is 0.0685. The molecule has 272 valence electrons. The molecule has 0 aliphatic heterocycles. The summed E-state index contributed by atoms with van der Waals surface area (Å²) in [5.74, 6) is -3.87. The van der Waals surface area contributed by atoms with E-state index in [1.165, 1.54) is 73.1 Å². The van der Waals surface area contributed by atoms with Crippen LogP contribution in [0.3, 0.4) is 0 Å². The Morgan fingerprint density at radius 1 is 0.574 bits per heavy atom. The van der Waals surface area contributed by atoms with Crippen LogP contribution in [-0.2, 0) is 20.2 Å². The van der Waals surface area contributed by atoms with Gasteiger partial charge in [0, 0.05) is 23.2 Å². The maximum Gasteiger partial charge on any atom is 0.336 e. The number of hydrogen-bond donors (Lipinski definition) is 6. The van der Waals surface area contributed by atoms with Crippen molar-refractivity contribution in [2.75, 3.05) is 0 Å². The number of nitrogens with zero attached hydrogens (tertiary/aromatic N) is 6. The van der Waals surface area contributed by atoms with E-state index in [1.54, 1.807) is 0 Å². The fourth-order valence-electron chi connectivity index (χ4n) is 5.22. The predicted molar refractivity (Wildman–Crippen MR) is 191 cm³/mol. The number of aromatic carboxylic acids is 2. The van der Waals surface area contributed by atoms with Crippen molar-refractivity contribution in [1.29, 1.82) is 0 Å². The molecular formula is C34H22N6O12S2. The van der Waals surface area contributed by atoms with Crippen LogP contribution in [0.2, 0.25) is 0 Å². The molecule has 0 unspecified atom stereocenters. The van der Waals surface area contributed by atoms with E-state index in [9.17, 15) is 56.0 Å². The second-order valence-corrected chi connectivity index (χ2v) is 13.9. The summed E-state index contributed by atoms with van der Waals surface area (Å²) in [7, 11) is -9.53. The molecule has 0 saturated heterocycles. The molecule has 0 bridgehead atoms. The molecule has 20 heteroatoms. The van der Waals surface area contributed by atoms with E-state index < -0.39 is 53.5 Å². The SMILES string of the molecule is O=C(O)c1cc(N=Nc2cc(S(=O)(=O)O)c3cccnc3c2O)ccc1C=Cc1ccc(N=Nc2cc(S(=O)(=O)O)c3cccnc3c2O)cc1C(=O)O. The number of aromatic hydroxyl groups is 2. The van der Waals surface area contributed by atoms with E-state index in [-0.39, 0.29) is 66.8 Å². The van der Waals surface area contributed by atoms with Crippen LogP contribution in [0, 0.1) is 0 Å². The molecule has 4 aromatic carbocycles. The van der Waals surface area contributed by atoms with Gasteiger partial charge in [-0.1, -0.05) is 24.3 Å². The average Bonchev–Trinajstić information content (AvgIpc) is 3.12. The van der Waals surface area contributed by atoms with Crippen LogP contribution >= 0.6 is 0 Å². The highest BCUT2D eigenvalue weighted by Gasteiger charge is 2.22. The topological polar surface area (TPSA) is 299 Å². The van der Waals surface area contributed by atoms with Gasteiger partial charge in [-0.3, -0.25) is 19.1 Å². The number of azo groups is 2. The van der Waals surface area contributed by atoms with Gasteiger partial charge in [0.15, 0.2) is 11.5 Å². The van der Waals surface area contributed by atoms with Gasteiger partial charge in [0.1, 0.15) is 32.2 Å². The zero-order valence-electron chi connectivity index (χ0n) is 26.9. The summed E-state index contributed by atoms with van der Waals surface area (Å²) >= 11 is 0. The van der Waals surface area contributed by atoms with Crippen molar-refractivity contribution in [2.24, 2.45) is 20.5 Å². The summed E-state index contributed by atoms with van der Waals surface area (Å²) in [6, 6.07) is 14.8. The molecule has 0 amide bonds. The highest BCUT2D eigenvalue weighted by atomic mass is 32.2. The minimum Gasteiger partial charge on any atom is -0.504 e. The number of aromatic nitrogens is 2. The molecule has 0 radical (unpaired) electrons. The predicted octanol–water partition coefficient (Wildman–Crippen LogP) is 7.09. The molecule has 0 saturated carbocycles. The van der Waals surface area contributed by atoms with Gasteiger partial charge in [-0.2, -0.15) is 27.1 Å². The Kier molecular flexibility index (Phi) is 9.67. The molecule has 0 aliphatic rings. The monoisotopic (exact) mass is 770 g/mol. The van der Waals surface area contributed by atoms with Crippen molar-refractivity contribution in [1.82, 2.24) is 9.97 Å². The number of hydrogen-bond acceptors (Lipinski definition) is 14. The summed E-state index contributed by atoms with van der Waals surface area (Å²) in [6.45, 7) is 0. The fraction of sp³-hybridized carbons (Fsp3) is 0. The van der Waals surface area contributed by atoms with Gasteiger partial charge < -0.3 is 20.4 Å². The van der Waals surface area contributed by atoms with Crippen molar-refractivity contribution >= 4 is 88.9 Å². The van der Waals surface area contributed by atoms with Gasteiger partial charge in [0.25, 0.3) is 20.2 Å². The van der Waals surface area contributed by atoms with Crippen LogP contribution in [0.5, 0.6) is 11.5 Å². The second-order valence-electron chi connectivity index (χ2n) is 11.1. The number of carbonyl (C=O) groups is 2. The number of rotatable bonds is 10. The Balaban J connectivity index is 1.30. The van der Waals surface area contributed by atoms with Crippen LogP contribution in [0.1, 0.15) is 31.8 Å². The third-order valence-corrected chi connectivity index (χ3v) is 9.48. The first-order chi connectivity index (χ1) is 25.5. The number of benzene rings is 4. The summed E-state index contributed by atoms with van der Waals surface area (Å²) in [5, 5.41) is 56.4. The van der Waals surface area contributed by atoms with Gasteiger partial charge in [-0.05, 0) is 71.8 Å². The second kappa shape index (κ2) is 14.2. The highest BCUT2D eigenvalue weighted by molar-refractivity contribution is 7.86. The first-order valence-corrected chi connectivity index (χ1v) is 17.8. The van der Waals surface area contributed by atoms with Crippen molar-refractivity contribution in [3.8, 4) is 11.5 Å². The molecule has 6 aromatic rings. The van der Waals surface area contributed by atoms with Crippen molar-refractivity contribution in [2.45, 2.75) is 9.79 Å². The zero-order valence-corrected chi connectivity index (χ0v) is 28.5. The molecule has 54 heavy (non-hydrogen) atoms. The molecule has 6 rings (SSSR count). The molecule has 0 atom stereocenters. The van der Waals surface area contributed by atoms with E-state index in [1.807, 2.05) is 0 Å². The van der Waals surface area contributed by atoms with Gasteiger partial charge in [-0.15, -0.1) is 10.2 Å². The molecule has 18 nitrogen and oxygen atoms in total. The third-order valence-electron chi connectivity index (χ3n) is 7.70. The minimum absolute atomic E-state index is 0.0312. The number of pyridine rings is 2. The van der Waals surface area contributed by atoms with Crippen LogP contribution in [0.25, 0.3) is 34.0 Å². The van der Waals surface area contributed by atoms with Crippen LogP contribution in [0.4, 0.5) is 22.7 Å². The highest BCUT2D eigenvalue weighted by Crippen LogP contribution is 2.40. The van der Waals surface area contributed by atoms with E-state index in [2.05, 4.69) is 30.4 Å². The fourth-order valence-corrected chi connectivity index (χ4v) is 6.63. The lowest BCUT2D eigenvalue weighted by Crippen LogP contribution is -2.00. The lowest BCUT2D eigenvalue weighted by atomic mass is 10.0. The summed E-state index contributed by atoms with van der Waals surface area (Å²) in [6.07, 6.45) is 5.21. The average molecular weight is 771 g/mol. The summed E-state index contributed by atoms with van der Waals surface area (Å²) in [5.41, 5.74) is -1.54. The van der Waals surface area contributed by atoms with Crippen molar-refractivity contribution in [3.63, 3.8) is 0 Å². The maximum atomic E-state index is 12.2. The van der Waals surface area contributed by atoms with E-state index in [0.717, 1.165) is 24.3 Å². The Morgan fingerprint density at radius 3 is 1.31 bits per heavy atom. The molecule has 0 fully saturated rings. The van der Waals surface area contributed by atoms with E-state index >= 15 is 0 Å². The van der Waals surface area contributed by atoms with Gasteiger partial charge in [-0.25, -0.2) is 9.59 Å². The molecule has 0 spiro atoms. The van der Waals surface area contributed by atoms with E-state index in [4.69, 9.17) is 0 Å². The molecule has 2 heterocycles. The minimum atomic E-state index is -4.77. The van der Waals surface area contributed by atoms with Crippen LogP contribution in [0.15, 0.2) is 115 Å². The van der Waals surface area contributed by atoms with Gasteiger partial charge >= 0.3 is 11.9 Å². The number of phenolic OH excluding ortho intramolecular Hbond substituents is 2. The first-order valence-electron chi connectivity index (χ1n) is 15.0. The normalized spacial score (nSPS) is 12.4. The van der Waals surface area contributed by atoms with Crippen molar-refractivity contribution < 1.29 is 56.0 Å². The zero-order chi connectivity index (χ0) is 38.9. The summed E-state index contributed by atoms with van der Waals surface area (Å²) in [4.78, 5) is 31.0. The molecular weight excluding hydrogens is 749 g/mol. The Hall–Kier alpha value is -7.00. The van der Waals surface area contributed by atoms with Crippen LogP contribution < -0.4 is 0 Å². The smallest absolute Gasteiger partial charge is 0.336 e. The van der Waals surface area contributed by atoms with Gasteiger partial charge in [0.2, 0.25) is 0 Å². The third kappa shape index (κ3) is 7.47. The van der Waals surface area contributed by atoms with Gasteiger partial charge in [0.05, 0.1) is 22.5 Å². The molecule has 6 N–H and O–H groups in total. The number of carboxylic acid groups (broad SMARTS) is 2. The summed E-state index contributed by atoms with van der Waals surface area (Å²) < 4.78 is 67.3. The maximum absolute atomic E-state index is 12.2. The lowest BCUT2D eigenvalue weighted by Gasteiger charge is -2.08. The Morgan fingerprint density at radius 2 is 0.963 bits per heavy atom. The first kappa shape index (κ1) is 36.8. The number of phenols is 2. The standard InChI is InChI=1S/C34H22N6O12S2/c41-31-25(15-27(53(47,48)49)21-3-1-11-35-29(21)31)39-37-19-9-7-17(23(13-19)33(43)44)5-6-18-8-10-20(14-24(18)34(45)46)38-40-26-16-28(54(50,51)52)22-4-2-12-36-30(22)32(26)42/h1-16,41-42H,(H,43,44)(H,45,46)(H,47,48,49)(H,50,51,52). The molecule has 2 aromatic heterocycles. The Bertz CT molecular complexity index is 2680. The number of carboxylic acids is 2. The van der Waals surface area contributed by atoms with Crippen molar-refractivity contribution in [3.05, 3.63) is 107 Å². The van der Waals surface area contributed by atoms with Crippen LogP contribution in [-0.4, -0.2) is 68.3 Å². The Labute approximate surface area is 303 Å². The molecule has 0 aliphatic carbocycles. The quantitative estimate of drug-likeness (QED) is 0.0460.